The van der Waals surface area contributed by atoms with E-state index in [1.807, 2.05) is 12.1 Å². The fourth-order valence-corrected chi connectivity index (χ4v) is 3.49. The molecule has 0 aliphatic carbocycles. The number of aromatic nitrogens is 2. The molecule has 0 unspecified atom stereocenters. The van der Waals surface area contributed by atoms with E-state index in [2.05, 4.69) is 41.3 Å². The maximum absolute atomic E-state index is 11.9. The molecule has 1 heterocycles. The number of nitrogens with one attached hydrogen (secondary N) is 3. The maximum atomic E-state index is 11.9. The van der Waals surface area contributed by atoms with Gasteiger partial charge in [-0.05, 0) is 59.4 Å². The number of anilines is 4. The van der Waals surface area contributed by atoms with E-state index in [-0.39, 0.29) is 4.90 Å². The monoisotopic (exact) mass is 467 g/mol. The maximum Gasteiger partial charge on any atom is 0.240 e. The van der Waals surface area contributed by atoms with Gasteiger partial charge in [-0.15, -0.1) is 0 Å². The lowest BCUT2D eigenvalue weighted by Gasteiger charge is -2.10. The summed E-state index contributed by atoms with van der Waals surface area (Å²) in [5.74, 6) is 1.08. The molecule has 0 fully saturated rings. The van der Waals surface area contributed by atoms with Crippen LogP contribution in [0.25, 0.3) is 0 Å². The Morgan fingerprint density at radius 1 is 0.963 bits per heavy atom. The van der Waals surface area contributed by atoms with Crippen LogP contribution in [0.2, 0.25) is 5.02 Å². The minimum atomic E-state index is -3.52. The summed E-state index contributed by atoms with van der Waals surface area (Å²) in [5, 5.41) is 6.84. The number of nitrogens with zero attached hydrogens (tertiary/aromatic N) is 2. The first kappa shape index (κ1) is 19.6. The molecule has 0 aliphatic rings. The van der Waals surface area contributed by atoms with Gasteiger partial charge in [0.15, 0.2) is 0 Å². The molecular formula is C17H15BrClN5O2S. The molecule has 0 radical (unpaired) electrons. The largest absolute Gasteiger partial charge is 0.340 e. The highest BCUT2D eigenvalue weighted by molar-refractivity contribution is 9.10. The molecule has 140 valence electrons. The second-order valence-electron chi connectivity index (χ2n) is 5.40. The van der Waals surface area contributed by atoms with E-state index in [9.17, 15) is 8.42 Å². The summed E-state index contributed by atoms with van der Waals surface area (Å²) in [6.07, 6.45) is 1.41. The molecular weight excluding hydrogens is 454 g/mol. The molecule has 0 spiro atoms. The number of hydrogen-bond donors (Lipinski definition) is 3. The summed E-state index contributed by atoms with van der Waals surface area (Å²) in [6.45, 7) is 0. The molecule has 7 nitrogen and oxygen atoms in total. The Balaban J connectivity index is 1.80. The minimum Gasteiger partial charge on any atom is -0.340 e. The predicted octanol–water partition coefficient (Wildman–Crippen LogP) is 4.29. The van der Waals surface area contributed by atoms with Crippen LogP contribution in [0.15, 0.2) is 64.2 Å². The van der Waals surface area contributed by atoms with Gasteiger partial charge < -0.3 is 10.6 Å². The van der Waals surface area contributed by atoms with Crippen molar-refractivity contribution >= 4 is 60.6 Å². The number of sulfonamides is 1. The van der Waals surface area contributed by atoms with Crippen LogP contribution >= 0.6 is 27.5 Å². The second-order valence-corrected chi connectivity index (χ2v) is 8.55. The SMILES string of the molecule is CNS(=O)(=O)c1cccc(Nc2cc(Nc3ccc(Cl)c(Br)c3)ncn2)c1. The fourth-order valence-electron chi connectivity index (χ4n) is 2.22. The molecule has 3 N–H and O–H groups in total. The Morgan fingerprint density at radius 2 is 1.63 bits per heavy atom. The van der Waals surface area contributed by atoms with Crippen molar-refractivity contribution in [1.82, 2.24) is 14.7 Å². The summed E-state index contributed by atoms with van der Waals surface area (Å²) in [4.78, 5) is 8.50. The van der Waals surface area contributed by atoms with Gasteiger partial charge >= 0.3 is 0 Å². The van der Waals surface area contributed by atoms with Crippen LogP contribution in [0.5, 0.6) is 0 Å². The molecule has 0 atom stereocenters. The van der Waals surface area contributed by atoms with Crippen molar-refractivity contribution in [2.45, 2.75) is 4.90 Å². The Kier molecular flexibility index (Phi) is 5.95. The van der Waals surface area contributed by atoms with Gasteiger partial charge in [0.2, 0.25) is 10.0 Å². The molecule has 27 heavy (non-hydrogen) atoms. The van der Waals surface area contributed by atoms with Gasteiger partial charge in [0, 0.05) is 21.9 Å². The molecule has 0 bridgehead atoms. The Hall–Kier alpha value is -2.20. The lowest BCUT2D eigenvalue weighted by Crippen LogP contribution is -2.18. The van der Waals surface area contributed by atoms with E-state index < -0.39 is 10.0 Å². The van der Waals surface area contributed by atoms with E-state index >= 15 is 0 Å². The van der Waals surface area contributed by atoms with Crippen molar-refractivity contribution in [3.05, 3.63) is 64.4 Å². The number of halogens is 2. The summed E-state index contributed by atoms with van der Waals surface area (Å²) < 4.78 is 26.9. The van der Waals surface area contributed by atoms with Crippen molar-refractivity contribution in [1.29, 1.82) is 0 Å². The molecule has 3 aromatic rings. The first-order valence-electron chi connectivity index (χ1n) is 7.72. The van der Waals surface area contributed by atoms with Crippen LogP contribution in [-0.2, 0) is 10.0 Å². The minimum absolute atomic E-state index is 0.161. The summed E-state index contributed by atoms with van der Waals surface area (Å²) in [6, 6.07) is 13.6. The van der Waals surface area contributed by atoms with Crippen LogP contribution in [0.3, 0.4) is 0 Å². The highest BCUT2D eigenvalue weighted by atomic mass is 79.9. The van der Waals surface area contributed by atoms with Gasteiger partial charge in [-0.1, -0.05) is 17.7 Å². The Bertz CT molecular complexity index is 1080. The molecule has 0 aliphatic heterocycles. The molecule has 0 amide bonds. The zero-order chi connectivity index (χ0) is 19.4. The standard InChI is InChI=1S/C17H15BrClN5O2S/c1-20-27(25,26)13-4-2-3-11(7-13)23-16-9-17(22-10-21-16)24-12-5-6-15(19)14(18)8-12/h2-10,20H,1H3,(H2,21,22,23,24). The molecule has 0 saturated heterocycles. The van der Waals surface area contributed by atoms with Crippen molar-refractivity contribution in [2.24, 2.45) is 0 Å². The summed E-state index contributed by atoms with van der Waals surface area (Å²) in [7, 11) is -2.15. The first-order chi connectivity index (χ1) is 12.9. The van der Waals surface area contributed by atoms with Gasteiger partial charge in [-0.25, -0.2) is 23.1 Å². The number of rotatable bonds is 6. The van der Waals surface area contributed by atoms with Gasteiger partial charge in [-0.2, -0.15) is 0 Å². The van der Waals surface area contributed by atoms with Gasteiger partial charge in [0.05, 0.1) is 9.92 Å². The van der Waals surface area contributed by atoms with Crippen LogP contribution < -0.4 is 15.4 Å². The lowest BCUT2D eigenvalue weighted by atomic mass is 10.3. The molecule has 3 rings (SSSR count). The first-order valence-corrected chi connectivity index (χ1v) is 10.4. The molecule has 2 aromatic carbocycles. The normalized spacial score (nSPS) is 11.2. The quantitative estimate of drug-likeness (QED) is 0.499. The van der Waals surface area contributed by atoms with Crippen LogP contribution in [0, 0.1) is 0 Å². The Labute approximate surface area is 170 Å². The number of hydrogen-bond acceptors (Lipinski definition) is 6. The van der Waals surface area contributed by atoms with Crippen molar-refractivity contribution in [2.75, 3.05) is 17.7 Å². The van der Waals surface area contributed by atoms with E-state index in [1.165, 1.54) is 25.5 Å². The topological polar surface area (TPSA) is 96.0 Å². The van der Waals surface area contributed by atoms with Gasteiger partial charge in [-0.3, -0.25) is 0 Å². The predicted molar refractivity (Wildman–Crippen MR) is 110 cm³/mol. The average molecular weight is 469 g/mol. The number of benzene rings is 2. The van der Waals surface area contributed by atoms with E-state index in [0.29, 0.717) is 22.3 Å². The van der Waals surface area contributed by atoms with E-state index in [1.54, 1.807) is 24.3 Å². The fraction of sp³-hybridized carbons (Fsp3) is 0.0588. The van der Waals surface area contributed by atoms with Gasteiger partial charge in [0.1, 0.15) is 18.0 Å². The molecule has 10 heteroatoms. The van der Waals surface area contributed by atoms with Crippen LogP contribution in [-0.4, -0.2) is 25.4 Å². The second kappa shape index (κ2) is 8.22. The van der Waals surface area contributed by atoms with E-state index in [0.717, 1.165) is 10.2 Å². The van der Waals surface area contributed by atoms with Crippen molar-refractivity contribution in [3.63, 3.8) is 0 Å². The third kappa shape index (κ3) is 4.95. The van der Waals surface area contributed by atoms with Crippen LogP contribution in [0.4, 0.5) is 23.0 Å². The third-order valence-corrected chi connectivity index (χ3v) is 6.17. The van der Waals surface area contributed by atoms with E-state index in [4.69, 9.17) is 11.6 Å². The molecule has 1 aromatic heterocycles. The average Bonchev–Trinajstić information content (AvgIpc) is 2.65. The summed E-state index contributed by atoms with van der Waals surface area (Å²) >= 11 is 9.37. The highest BCUT2D eigenvalue weighted by Gasteiger charge is 2.11. The summed E-state index contributed by atoms with van der Waals surface area (Å²) in [5.41, 5.74) is 1.39. The smallest absolute Gasteiger partial charge is 0.240 e. The highest BCUT2D eigenvalue weighted by Crippen LogP contribution is 2.27. The lowest BCUT2D eigenvalue weighted by molar-refractivity contribution is 0.588. The zero-order valence-electron chi connectivity index (χ0n) is 14.1. The van der Waals surface area contributed by atoms with Crippen LogP contribution in [0.1, 0.15) is 0 Å². The van der Waals surface area contributed by atoms with Crippen molar-refractivity contribution < 1.29 is 8.42 Å². The van der Waals surface area contributed by atoms with Crippen molar-refractivity contribution in [3.8, 4) is 0 Å². The third-order valence-electron chi connectivity index (χ3n) is 3.54. The molecule has 0 saturated carbocycles. The Morgan fingerprint density at radius 3 is 2.26 bits per heavy atom. The van der Waals surface area contributed by atoms with Gasteiger partial charge in [0.25, 0.3) is 0 Å². The zero-order valence-corrected chi connectivity index (χ0v) is 17.2.